The summed E-state index contributed by atoms with van der Waals surface area (Å²) in [7, 11) is 3.24. The Kier molecular flexibility index (Phi) is 4.02. The molecule has 0 aliphatic carbocycles. The van der Waals surface area contributed by atoms with E-state index >= 15 is 0 Å². The van der Waals surface area contributed by atoms with Gasteiger partial charge >= 0.3 is 0 Å². The average molecular weight is 309 g/mol. The molecule has 0 unspecified atom stereocenters. The van der Waals surface area contributed by atoms with Crippen molar-refractivity contribution in [2.45, 2.75) is 13.8 Å². The molecule has 0 atom stereocenters. The third-order valence-electron chi connectivity index (χ3n) is 3.96. The van der Waals surface area contributed by atoms with Crippen LogP contribution in [0, 0.1) is 13.8 Å². The van der Waals surface area contributed by atoms with Crippen LogP contribution in [0.3, 0.4) is 0 Å². The molecule has 23 heavy (non-hydrogen) atoms. The van der Waals surface area contributed by atoms with Crippen molar-refractivity contribution in [2.75, 3.05) is 14.2 Å². The summed E-state index contributed by atoms with van der Waals surface area (Å²) < 4.78 is 12.6. The zero-order valence-corrected chi connectivity index (χ0v) is 13.7. The molecule has 0 saturated carbocycles. The molecule has 0 bridgehead atoms. The first kappa shape index (κ1) is 15.1. The Bertz CT molecular complexity index is 840. The summed E-state index contributed by atoms with van der Waals surface area (Å²) in [6.45, 7) is 4.19. The number of ether oxygens (including phenoxy) is 2. The Morgan fingerprint density at radius 1 is 0.870 bits per heavy atom. The minimum atomic E-state index is 0.666. The van der Waals surface area contributed by atoms with Crippen LogP contribution >= 0.6 is 0 Å². The Labute approximate surface area is 135 Å². The lowest BCUT2D eigenvalue weighted by Crippen LogP contribution is -1.98. The van der Waals surface area contributed by atoms with E-state index in [0.29, 0.717) is 11.5 Å². The minimum Gasteiger partial charge on any atom is -0.493 e. The molecule has 5 heteroatoms. The highest BCUT2D eigenvalue weighted by molar-refractivity contribution is 5.63. The molecule has 5 nitrogen and oxygen atoms in total. The standard InChI is InChI=1S/C18H19N3O2/c1-12-5-7-15(9-13(12)2)21-11-19-20-18(21)14-6-8-16(22-3)17(10-14)23-4/h5-11H,1-4H3. The predicted octanol–water partition coefficient (Wildman–Crippen LogP) is 3.57. The summed E-state index contributed by atoms with van der Waals surface area (Å²) in [5.74, 6) is 2.11. The van der Waals surface area contributed by atoms with Gasteiger partial charge in [0.1, 0.15) is 6.33 Å². The molecule has 0 spiro atoms. The van der Waals surface area contributed by atoms with E-state index in [9.17, 15) is 0 Å². The number of hydrogen-bond acceptors (Lipinski definition) is 4. The first-order valence-electron chi connectivity index (χ1n) is 7.34. The maximum Gasteiger partial charge on any atom is 0.168 e. The number of methoxy groups -OCH3 is 2. The Morgan fingerprint density at radius 3 is 2.35 bits per heavy atom. The third kappa shape index (κ3) is 2.77. The summed E-state index contributed by atoms with van der Waals surface area (Å²) in [4.78, 5) is 0. The van der Waals surface area contributed by atoms with Crippen LogP contribution in [0.1, 0.15) is 11.1 Å². The quantitative estimate of drug-likeness (QED) is 0.739. The van der Waals surface area contributed by atoms with Gasteiger partial charge in [-0.15, -0.1) is 10.2 Å². The van der Waals surface area contributed by atoms with Crippen molar-refractivity contribution in [3.63, 3.8) is 0 Å². The largest absolute Gasteiger partial charge is 0.493 e. The lowest BCUT2D eigenvalue weighted by Gasteiger charge is -2.11. The lowest BCUT2D eigenvalue weighted by molar-refractivity contribution is 0.355. The lowest BCUT2D eigenvalue weighted by atomic mass is 10.1. The number of benzene rings is 2. The fourth-order valence-electron chi connectivity index (χ4n) is 2.47. The van der Waals surface area contributed by atoms with Gasteiger partial charge in [-0.05, 0) is 55.3 Å². The van der Waals surface area contributed by atoms with Gasteiger partial charge in [0.25, 0.3) is 0 Å². The van der Waals surface area contributed by atoms with Gasteiger partial charge in [0.2, 0.25) is 0 Å². The van der Waals surface area contributed by atoms with Crippen LogP contribution in [0.2, 0.25) is 0 Å². The summed E-state index contributed by atoms with van der Waals surface area (Å²) in [6.07, 6.45) is 1.72. The van der Waals surface area contributed by atoms with Crippen molar-refractivity contribution in [1.29, 1.82) is 0 Å². The van der Waals surface area contributed by atoms with Crippen LogP contribution in [0.15, 0.2) is 42.7 Å². The molecule has 0 saturated heterocycles. The molecule has 2 aromatic carbocycles. The van der Waals surface area contributed by atoms with Gasteiger partial charge in [0, 0.05) is 11.3 Å². The summed E-state index contributed by atoms with van der Waals surface area (Å²) >= 11 is 0. The zero-order chi connectivity index (χ0) is 16.4. The van der Waals surface area contributed by atoms with E-state index in [4.69, 9.17) is 9.47 Å². The summed E-state index contributed by atoms with van der Waals surface area (Å²) in [6, 6.07) is 12.0. The number of nitrogens with zero attached hydrogens (tertiary/aromatic N) is 3. The van der Waals surface area contributed by atoms with Gasteiger partial charge in [-0.1, -0.05) is 6.07 Å². The number of aromatic nitrogens is 3. The van der Waals surface area contributed by atoms with Gasteiger partial charge in [0.05, 0.1) is 14.2 Å². The van der Waals surface area contributed by atoms with Gasteiger partial charge in [-0.25, -0.2) is 0 Å². The topological polar surface area (TPSA) is 49.2 Å². The number of hydrogen-bond donors (Lipinski definition) is 0. The maximum atomic E-state index is 5.37. The fourth-order valence-corrected chi connectivity index (χ4v) is 2.47. The van der Waals surface area contributed by atoms with E-state index in [1.807, 2.05) is 22.8 Å². The van der Waals surface area contributed by atoms with Crippen LogP contribution in [-0.4, -0.2) is 29.0 Å². The van der Waals surface area contributed by atoms with E-state index in [1.54, 1.807) is 20.5 Å². The van der Waals surface area contributed by atoms with E-state index < -0.39 is 0 Å². The smallest absolute Gasteiger partial charge is 0.168 e. The molecule has 0 fully saturated rings. The van der Waals surface area contributed by atoms with Gasteiger partial charge in [-0.3, -0.25) is 4.57 Å². The van der Waals surface area contributed by atoms with Crippen molar-refractivity contribution in [2.24, 2.45) is 0 Å². The summed E-state index contributed by atoms with van der Waals surface area (Å²) in [5, 5.41) is 8.33. The highest BCUT2D eigenvalue weighted by atomic mass is 16.5. The van der Waals surface area contributed by atoms with Crippen LogP contribution < -0.4 is 9.47 Å². The van der Waals surface area contributed by atoms with Crippen molar-refractivity contribution in [1.82, 2.24) is 14.8 Å². The van der Waals surface area contributed by atoms with Gasteiger partial charge in [-0.2, -0.15) is 0 Å². The van der Waals surface area contributed by atoms with Crippen LogP contribution in [0.4, 0.5) is 0 Å². The molecule has 0 radical (unpaired) electrons. The SMILES string of the molecule is COc1ccc(-c2nncn2-c2ccc(C)c(C)c2)cc1OC. The van der Waals surface area contributed by atoms with Crippen LogP contribution in [0.5, 0.6) is 11.5 Å². The molecule has 118 valence electrons. The fraction of sp³-hybridized carbons (Fsp3) is 0.222. The molecule has 0 aliphatic heterocycles. The second kappa shape index (κ2) is 6.12. The average Bonchev–Trinajstić information content (AvgIpc) is 3.06. The van der Waals surface area contributed by atoms with E-state index in [2.05, 4.69) is 42.2 Å². The van der Waals surface area contributed by atoms with Crippen LogP contribution in [-0.2, 0) is 0 Å². The van der Waals surface area contributed by atoms with Gasteiger partial charge < -0.3 is 9.47 Å². The molecule has 0 aliphatic rings. The number of aryl methyl sites for hydroxylation is 2. The van der Waals surface area contributed by atoms with Crippen molar-refractivity contribution < 1.29 is 9.47 Å². The zero-order valence-electron chi connectivity index (χ0n) is 13.7. The molecule has 1 heterocycles. The Balaban J connectivity index is 2.09. The third-order valence-corrected chi connectivity index (χ3v) is 3.96. The molecular weight excluding hydrogens is 290 g/mol. The van der Waals surface area contributed by atoms with Crippen LogP contribution in [0.25, 0.3) is 17.1 Å². The van der Waals surface area contributed by atoms with Crippen molar-refractivity contribution in [3.05, 3.63) is 53.9 Å². The summed E-state index contributed by atoms with van der Waals surface area (Å²) in [5.41, 5.74) is 4.44. The highest BCUT2D eigenvalue weighted by Crippen LogP contribution is 2.32. The van der Waals surface area contributed by atoms with Crippen molar-refractivity contribution >= 4 is 0 Å². The molecule has 0 N–H and O–H groups in total. The second-order valence-corrected chi connectivity index (χ2v) is 5.36. The predicted molar refractivity (Wildman–Crippen MR) is 89.4 cm³/mol. The first-order valence-corrected chi connectivity index (χ1v) is 7.34. The minimum absolute atomic E-state index is 0.666. The van der Waals surface area contributed by atoms with E-state index in [0.717, 1.165) is 17.1 Å². The molecule has 1 aromatic heterocycles. The van der Waals surface area contributed by atoms with Crippen molar-refractivity contribution in [3.8, 4) is 28.6 Å². The Hall–Kier alpha value is -2.82. The second-order valence-electron chi connectivity index (χ2n) is 5.36. The monoisotopic (exact) mass is 309 g/mol. The molecular formula is C18H19N3O2. The molecule has 3 aromatic rings. The molecule has 0 amide bonds. The Morgan fingerprint density at radius 2 is 1.65 bits per heavy atom. The van der Waals surface area contributed by atoms with E-state index in [1.165, 1.54) is 11.1 Å². The maximum absolute atomic E-state index is 5.37. The highest BCUT2D eigenvalue weighted by Gasteiger charge is 2.13. The normalized spacial score (nSPS) is 10.6. The first-order chi connectivity index (χ1) is 11.1. The molecule has 3 rings (SSSR count). The number of rotatable bonds is 4. The van der Waals surface area contributed by atoms with Gasteiger partial charge in [0.15, 0.2) is 17.3 Å². The van der Waals surface area contributed by atoms with E-state index in [-0.39, 0.29) is 0 Å².